The van der Waals surface area contributed by atoms with Crippen molar-refractivity contribution in [2.45, 2.75) is 43.4 Å². The number of likely N-dealkylation sites (N-methyl/N-ethyl adjacent to an activating group) is 1. The molecule has 1 spiro atoms. The fourth-order valence-corrected chi connectivity index (χ4v) is 6.33. The molecule has 1 saturated heterocycles. The molecule has 1 aromatic carbocycles. The number of ether oxygens (including phenoxy) is 2. The molecule has 4 aliphatic rings. The first kappa shape index (κ1) is 24.1. The Morgan fingerprint density at radius 1 is 1.25 bits per heavy atom. The highest BCUT2D eigenvalue weighted by Crippen LogP contribution is 2.62. The van der Waals surface area contributed by atoms with Gasteiger partial charge in [0.1, 0.15) is 6.10 Å². The van der Waals surface area contributed by atoms with Gasteiger partial charge in [0.2, 0.25) is 5.88 Å². The Bertz CT molecular complexity index is 1240. The lowest BCUT2D eigenvalue weighted by Gasteiger charge is -2.56. The number of carboxylic acids is 1. The number of amides is 1. The number of aromatic nitrogens is 1. The minimum atomic E-state index is -0.833. The van der Waals surface area contributed by atoms with Gasteiger partial charge in [-0.1, -0.05) is 12.1 Å². The number of phenolic OH excluding ortho intramolecular Hbond substituents is 1. The van der Waals surface area contributed by atoms with Crippen LogP contribution in [0.15, 0.2) is 42.6 Å². The molecular weight excluding hydrogens is 462 g/mol. The van der Waals surface area contributed by atoms with Crippen molar-refractivity contribution in [1.29, 1.82) is 0 Å². The molecule has 2 aliphatic carbocycles. The summed E-state index contributed by atoms with van der Waals surface area (Å²) in [5.41, 5.74) is 2.73. The van der Waals surface area contributed by atoms with Crippen molar-refractivity contribution in [3.8, 4) is 17.4 Å². The first-order valence-corrected chi connectivity index (χ1v) is 12.1. The third kappa shape index (κ3) is 3.69. The average molecular weight is 494 g/mol. The van der Waals surface area contributed by atoms with Crippen molar-refractivity contribution >= 4 is 11.9 Å². The van der Waals surface area contributed by atoms with Crippen molar-refractivity contribution in [3.63, 3.8) is 0 Å². The molecule has 2 aliphatic heterocycles. The maximum Gasteiger partial charge on any atom is 0.300 e. The Morgan fingerprint density at radius 2 is 2.00 bits per heavy atom. The fraction of sp³-hybridized carbons (Fsp3) is 0.444. The third-order valence-corrected chi connectivity index (χ3v) is 7.78. The summed E-state index contributed by atoms with van der Waals surface area (Å²) in [7, 11) is 5.64. The van der Waals surface area contributed by atoms with Crippen molar-refractivity contribution in [3.05, 3.63) is 59.3 Å². The Kier molecular flexibility index (Phi) is 5.90. The highest BCUT2D eigenvalue weighted by atomic mass is 16.6. The quantitative estimate of drug-likeness (QED) is 0.628. The van der Waals surface area contributed by atoms with Gasteiger partial charge in [0.05, 0.1) is 0 Å². The molecule has 1 fully saturated rings. The first-order chi connectivity index (χ1) is 17.1. The van der Waals surface area contributed by atoms with E-state index in [4.69, 9.17) is 19.4 Å². The highest BCUT2D eigenvalue weighted by molar-refractivity contribution is 5.94. The fourth-order valence-electron chi connectivity index (χ4n) is 6.33. The summed E-state index contributed by atoms with van der Waals surface area (Å²) >= 11 is 0. The zero-order valence-electron chi connectivity index (χ0n) is 20.8. The maximum atomic E-state index is 12.4. The minimum absolute atomic E-state index is 0.0976. The topological polar surface area (TPSA) is 112 Å². The summed E-state index contributed by atoms with van der Waals surface area (Å²) in [4.78, 5) is 29.7. The van der Waals surface area contributed by atoms with Crippen molar-refractivity contribution in [2.75, 3.05) is 27.7 Å². The van der Waals surface area contributed by atoms with E-state index in [2.05, 4.69) is 35.1 Å². The zero-order valence-corrected chi connectivity index (χ0v) is 20.8. The lowest BCUT2D eigenvalue weighted by Crippen LogP contribution is -2.65. The molecule has 1 aromatic heterocycles. The molecule has 5 atom stereocenters. The van der Waals surface area contributed by atoms with Crippen LogP contribution in [0.3, 0.4) is 0 Å². The van der Waals surface area contributed by atoms with Gasteiger partial charge in [0.15, 0.2) is 17.6 Å². The number of nitrogens with zero attached hydrogens (tertiary/aromatic N) is 3. The number of phenols is 1. The molecule has 2 bridgehead atoms. The van der Waals surface area contributed by atoms with Gasteiger partial charge in [-0.2, -0.15) is 0 Å². The number of carboxylic acid groups (broad SMARTS) is 1. The lowest BCUT2D eigenvalue weighted by molar-refractivity contribution is -0.134. The van der Waals surface area contributed by atoms with E-state index < -0.39 is 5.97 Å². The summed E-state index contributed by atoms with van der Waals surface area (Å²) < 4.78 is 12.8. The number of benzene rings is 1. The summed E-state index contributed by atoms with van der Waals surface area (Å²) in [5, 5.41) is 18.1. The molecule has 2 N–H and O–H groups in total. The van der Waals surface area contributed by atoms with Crippen LogP contribution in [-0.4, -0.2) is 82.8 Å². The van der Waals surface area contributed by atoms with E-state index in [9.17, 15) is 9.90 Å². The van der Waals surface area contributed by atoms with Crippen molar-refractivity contribution in [1.82, 2.24) is 14.8 Å². The Balaban J connectivity index is 0.000000623. The van der Waals surface area contributed by atoms with Gasteiger partial charge in [-0.05, 0) is 50.2 Å². The molecule has 2 aromatic rings. The largest absolute Gasteiger partial charge is 0.504 e. The molecule has 36 heavy (non-hydrogen) atoms. The molecule has 3 heterocycles. The van der Waals surface area contributed by atoms with Crippen LogP contribution in [0.1, 0.15) is 34.8 Å². The van der Waals surface area contributed by atoms with Crippen LogP contribution in [0.2, 0.25) is 0 Å². The number of pyridine rings is 1. The maximum absolute atomic E-state index is 12.4. The second-order valence-corrected chi connectivity index (χ2v) is 10.1. The average Bonchev–Trinajstić information content (AvgIpc) is 3.19. The van der Waals surface area contributed by atoms with E-state index in [1.165, 1.54) is 16.0 Å². The number of hydrogen-bond acceptors (Lipinski definition) is 7. The molecule has 6 rings (SSSR count). The van der Waals surface area contributed by atoms with Crippen LogP contribution in [-0.2, 0) is 16.6 Å². The molecule has 1 amide bonds. The van der Waals surface area contributed by atoms with Crippen LogP contribution in [0.25, 0.3) is 0 Å². The van der Waals surface area contributed by atoms with Crippen LogP contribution < -0.4 is 9.47 Å². The van der Waals surface area contributed by atoms with Gasteiger partial charge in [0, 0.05) is 61.8 Å². The van der Waals surface area contributed by atoms with Crippen LogP contribution in [0.5, 0.6) is 17.4 Å². The van der Waals surface area contributed by atoms with Crippen LogP contribution in [0.4, 0.5) is 0 Å². The predicted molar refractivity (Wildman–Crippen MR) is 132 cm³/mol. The normalized spacial score (nSPS) is 28.8. The second-order valence-electron chi connectivity index (χ2n) is 10.1. The number of rotatable bonds is 3. The molecule has 9 heteroatoms. The predicted octanol–water partition coefficient (Wildman–Crippen LogP) is 2.47. The van der Waals surface area contributed by atoms with E-state index >= 15 is 0 Å². The van der Waals surface area contributed by atoms with Crippen molar-refractivity contribution < 1.29 is 29.3 Å². The smallest absolute Gasteiger partial charge is 0.300 e. The Morgan fingerprint density at radius 3 is 2.72 bits per heavy atom. The number of piperidine rings is 1. The number of likely N-dealkylation sites (tertiary alicyclic amines) is 1. The molecule has 9 nitrogen and oxygen atoms in total. The van der Waals surface area contributed by atoms with Gasteiger partial charge in [-0.3, -0.25) is 9.59 Å². The number of carbonyl (C=O) groups is 2. The lowest BCUT2D eigenvalue weighted by atomic mass is 9.53. The van der Waals surface area contributed by atoms with Gasteiger partial charge in [-0.25, -0.2) is 4.98 Å². The second kappa shape index (κ2) is 8.81. The third-order valence-electron chi connectivity index (χ3n) is 7.78. The molecule has 190 valence electrons. The molecule has 0 unspecified atom stereocenters. The summed E-state index contributed by atoms with van der Waals surface area (Å²) in [5.74, 6) is 0.573. The standard InChI is InChI=1S/C25H27N3O4.C2H4O2/c1-27(2)24(30)15-8-10-26-20(13-15)31-19-7-5-16-17-12-14-4-6-18(29)22-21(14)25(16,23(19)32-22)9-11-28(17)3;1-2(3)4/h4-8,10,13,16-17,19,23,29H,9,11-12H2,1-3H3;1H3,(H,3,4)/t16-,17+,19-,23-,25-;/m0./s1. The van der Waals surface area contributed by atoms with Crippen LogP contribution in [0, 0.1) is 5.92 Å². The molecule has 0 radical (unpaired) electrons. The van der Waals surface area contributed by atoms with Gasteiger partial charge < -0.3 is 29.5 Å². The SMILES string of the molecule is CC(=O)O.CN(C)C(=O)c1ccnc(O[C@H]2C=C[C@H]3[C@H]4Cc5ccc(O)c6c5[C@@]3(CCN4C)[C@H]2O6)c1. The van der Waals surface area contributed by atoms with Crippen molar-refractivity contribution in [2.24, 2.45) is 5.92 Å². The van der Waals surface area contributed by atoms with E-state index in [0.29, 0.717) is 29.2 Å². The number of hydrogen-bond donors (Lipinski definition) is 2. The monoisotopic (exact) mass is 493 g/mol. The minimum Gasteiger partial charge on any atom is -0.504 e. The van der Waals surface area contributed by atoms with Gasteiger partial charge >= 0.3 is 0 Å². The zero-order chi connectivity index (χ0) is 25.8. The number of carbonyl (C=O) groups excluding carboxylic acids is 1. The van der Waals surface area contributed by atoms with E-state index in [1.54, 1.807) is 38.5 Å². The summed E-state index contributed by atoms with van der Waals surface area (Å²) in [6.45, 7) is 2.06. The van der Waals surface area contributed by atoms with E-state index in [1.807, 2.05) is 0 Å². The van der Waals surface area contributed by atoms with Gasteiger partial charge in [-0.15, -0.1) is 0 Å². The van der Waals surface area contributed by atoms with E-state index in [0.717, 1.165) is 26.3 Å². The highest BCUT2D eigenvalue weighted by Gasteiger charge is 2.64. The summed E-state index contributed by atoms with van der Waals surface area (Å²) in [6.07, 6.45) is 7.22. The summed E-state index contributed by atoms with van der Waals surface area (Å²) in [6, 6.07) is 7.57. The molecule has 0 saturated carbocycles. The Hall–Kier alpha value is -3.59. The van der Waals surface area contributed by atoms with E-state index in [-0.39, 0.29) is 29.3 Å². The van der Waals surface area contributed by atoms with Gasteiger partial charge in [0.25, 0.3) is 11.9 Å². The number of aliphatic carboxylic acids is 1. The number of aromatic hydroxyl groups is 1. The first-order valence-electron chi connectivity index (χ1n) is 12.1. The molecular formula is C27H31N3O6. The van der Waals surface area contributed by atoms with Crippen LogP contribution >= 0.6 is 0 Å². The Labute approximate surface area is 209 Å².